The van der Waals surface area contributed by atoms with Gasteiger partial charge in [0.2, 0.25) is 0 Å². The Morgan fingerprint density at radius 2 is 2.05 bits per heavy atom. The molecule has 0 spiro atoms. The van der Waals surface area contributed by atoms with Gasteiger partial charge in [0.05, 0.1) is 16.9 Å². The molecule has 2 aliphatic heterocycles. The lowest BCUT2D eigenvalue weighted by atomic mass is 9.45. The Morgan fingerprint density at radius 1 is 1.33 bits per heavy atom. The minimum Gasteiger partial charge on any atom is -0.457 e. The van der Waals surface area contributed by atoms with Crippen LogP contribution in [0.2, 0.25) is 12.6 Å². The van der Waals surface area contributed by atoms with E-state index in [0.29, 0.717) is 12.2 Å². The molecule has 0 unspecified atom stereocenters. The van der Waals surface area contributed by atoms with Gasteiger partial charge in [-0.25, -0.2) is 10.1 Å². The molecule has 1 saturated heterocycles. The molecule has 0 radical (unpaired) electrons. The minimum absolute atomic E-state index is 0.170. The van der Waals surface area contributed by atoms with Crippen molar-refractivity contribution in [3.05, 3.63) is 23.3 Å². The van der Waals surface area contributed by atoms with Crippen LogP contribution in [0.15, 0.2) is 12.1 Å². The van der Waals surface area contributed by atoms with Crippen molar-refractivity contribution >= 4 is 24.1 Å². The van der Waals surface area contributed by atoms with Crippen molar-refractivity contribution in [3.63, 3.8) is 0 Å². The average Bonchev–Trinajstić information content (AvgIpc) is 2.88. The zero-order valence-corrected chi connectivity index (χ0v) is 12.4. The van der Waals surface area contributed by atoms with Gasteiger partial charge in [-0.15, -0.1) is 0 Å². The molecule has 3 rings (SSSR count). The van der Waals surface area contributed by atoms with Gasteiger partial charge in [-0.05, 0) is 24.8 Å². The summed E-state index contributed by atoms with van der Waals surface area (Å²) in [6.45, 7) is 2.28. The Hall–Kier alpha value is -2.16. The predicted octanol–water partition coefficient (Wildman–Crippen LogP) is 1.80. The molecule has 0 atom stereocenters. The first kappa shape index (κ1) is 13.8. The zero-order valence-electron chi connectivity index (χ0n) is 12.4. The molecule has 6 heteroatoms. The molecule has 1 aromatic rings. The number of nitriles is 1. The van der Waals surface area contributed by atoms with Crippen molar-refractivity contribution in [2.24, 2.45) is 0 Å². The summed E-state index contributed by atoms with van der Waals surface area (Å²) in [5, 5.41) is 9.02. The van der Waals surface area contributed by atoms with Crippen molar-refractivity contribution < 1.29 is 9.53 Å². The second-order valence-corrected chi connectivity index (χ2v) is 5.82. The minimum atomic E-state index is -0.233. The van der Waals surface area contributed by atoms with Crippen LogP contribution in [-0.2, 0) is 11.3 Å². The van der Waals surface area contributed by atoms with Crippen LogP contribution in [0.1, 0.15) is 15.9 Å². The fourth-order valence-corrected chi connectivity index (χ4v) is 3.18. The number of cyclic esters (lactones) is 1. The number of nitrogens with zero attached hydrogens (tertiary/aromatic N) is 3. The Kier molecular flexibility index (Phi) is 3.50. The highest BCUT2D eigenvalue weighted by Gasteiger charge is 2.30. The highest BCUT2D eigenvalue weighted by atomic mass is 16.5. The molecule has 108 valence electrons. The number of benzene rings is 1. The molecule has 0 aliphatic carbocycles. The smallest absolute Gasteiger partial charge is 0.338 e. The number of hydrogen-bond acceptors (Lipinski definition) is 5. The van der Waals surface area contributed by atoms with Crippen molar-refractivity contribution in [1.29, 1.82) is 5.26 Å². The monoisotopic (exact) mass is 283 g/mol. The number of anilines is 2. The number of hydrogen-bond donors (Lipinski definition) is 0. The number of fused-ring (bicyclic) bond motifs is 1. The summed E-state index contributed by atoms with van der Waals surface area (Å²) in [4.78, 5) is 16.1. The predicted molar refractivity (Wildman–Crippen MR) is 83.1 cm³/mol. The molecule has 0 aromatic heterocycles. The van der Waals surface area contributed by atoms with E-state index in [4.69, 9.17) is 10.00 Å². The van der Waals surface area contributed by atoms with Crippen molar-refractivity contribution in [2.45, 2.75) is 19.2 Å². The highest BCUT2D eigenvalue weighted by Crippen LogP contribution is 2.38. The summed E-state index contributed by atoms with van der Waals surface area (Å²) in [6, 6.07) is 3.87. The van der Waals surface area contributed by atoms with Crippen LogP contribution in [-0.4, -0.2) is 39.9 Å². The Balaban J connectivity index is 1.97. The summed E-state index contributed by atoms with van der Waals surface area (Å²) < 4.78 is 5.16. The first-order valence-corrected chi connectivity index (χ1v) is 7.26. The van der Waals surface area contributed by atoms with E-state index in [1.54, 1.807) is 0 Å². The van der Waals surface area contributed by atoms with Gasteiger partial charge >= 0.3 is 5.97 Å². The molecule has 1 aromatic carbocycles. The van der Waals surface area contributed by atoms with Crippen LogP contribution >= 0.6 is 0 Å². The quantitative estimate of drug-likeness (QED) is 0.612. The largest absolute Gasteiger partial charge is 0.457 e. The van der Waals surface area contributed by atoms with Crippen LogP contribution in [0.5, 0.6) is 0 Å². The second-order valence-electron chi connectivity index (χ2n) is 5.82. The number of carbonyl (C=O) groups is 1. The molecule has 0 N–H and O–H groups in total. The Bertz CT molecular complexity index is 616. The third kappa shape index (κ3) is 2.33. The van der Waals surface area contributed by atoms with E-state index >= 15 is 0 Å². The SMILES string of the molecule is CN(C)c1c(N2CCB(C#N)CC2)ccc2c1COC2=O. The third-order valence-electron chi connectivity index (χ3n) is 4.29. The molecule has 5 nitrogen and oxygen atoms in total. The summed E-state index contributed by atoms with van der Waals surface area (Å²) in [7, 11) is 3.98. The maximum atomic E-state index is 11.7. The average molecular weight is 283 g/mol. The number of ether oxygens (including phenoxy) is 1. The van der Waals surface area contributed by atoms with Crippen LogP contribution in [0.4, 0.5) is 11.4 Å². The van der Waals surface area contributed by atoms with E-state index in [2.05, 4.69) is 10.9 Å². The molecule has 0 amide bonds. The standard InChI is InChI=1S/C15H18BN3O2/c1-18(2)14-12-9-21-15(20)11(12)3-4-13(14)19-7-5-16(10-17)6-8-19/h3-4H,5-9H2,1-2H3. The van der Waals surface area contributed by atoms with E-state index in [0.717, 1.165) is 42.7 Å². The van der Waals surface area contributed by atoms with Gasteiger partial charge in [-0.1, -0.05) is 0 Å². The summed E-state index contributed by atoms with van der Waals surface area (Å²) >= 11 is 0. The Morgan fingerprint density at radius 3 is 2.67 bits per heavy atom. The summed E-state index contributed by atoms with van der Waals surface area (Å²) in [5.41, 5.74) is 3.85. The van der Waals surface area contributed by atoms with E-state index in [9.17, 15) is 4.79 Å². The first-order chi connectivity index (χ1) is 10.1. The van der Waals surface area contributed by atoms with Crippen molar-refractivity contribution in [2.75, 3.05) is 37.0 Å². The normalized spacial score (nSPS) is 17.3. The Labute approximate surface area is 125 Å². The van der Waals surface area contributed by atoms with Gasteiger partial charge in [0, 0.05) is 38.7 Å². The lowest BCUT2D eigenvalue weighted by Gasteiger charge is -2.33. The van der Waals surface area contributed by atoms with Crippen molar-refractivity contribution in [1.82, 2.24) is 0 Å². The third-order valence-corrected chi connectivity index (χ3v) is 4.29. The lowest BCUT2D eigenvalue weighted by molar-refractivity contribution is 0.0535. The molecule has 1 fully saturated rings. The fraction of sp³-hybridized carbons (Fsp3) is 0.467. The fourth-order valence-electron chi connectivity index (χ4n) is 3.18. The molecular formula is C15H18BN3O2. The van der Waals surface area contributed by atoms with E-state index < -0.39 is 0 Å². The van der Waals surface area contributed by atoms with Crippen LogP contribution in [0.25, 0.3) is 0 Å². The lowest BCUT2D eigenvalue weighted by Crippen LogP contribution is -2.37. The summed E-state index contributed by atoms with van der Waals surface area (Å²) in [6.07, 6.45) is 1.80. The molecule has 2 aliphatic rings. The van der Waals surface area contributed by atoms with Crippen LogP contribution < -0.4 is 9.80 Å². The first-order valence-electron chi connectivity index (χ1n) is 7.26. The van der Waals surface area contributed by atoms with Crippen LogP contribution in [0, 0.1) is 11.2 Å². The van der Waals surface area contributed by atoms with Crippen molar-refractivity contribution in [3.8, 4) is 5.97 Å². The zero-order chi connectivity index (χ0) is 15.0. The highest BCUT2D eigenvalue weighted by molar-refractivity contribution is 6.67. The summed E-state index contributed by atoms with van der Waals surface area (Å²) in [5.74, 6) is 2.13. The number of rotatable bonds is 2. The number of carbonyl (C=O) groups excluding carboxylic acids is 1. The molecule has 0 bridgehead atoms. The number of esters is 1. The maximum absolute atomic E-state index is 11.7. The molecular weight excluding hydrogens is 265 g/mol. The van der Waals surface area contributed by atoms with E-state index in [-0.39, 0.29) is 12.7 Å². The molecule has 2 heterocycles. The molecule has 21 heavy (non-hydrogen) atoms. The van der Waals surface area contributed by atoms with Gasteiger partial charge in [0.1, 0.15) is 6.61 Å². The second kappa shape index (κ2) is 5.32. The van der Waals surface area contributed by atoms with Gasteiger partial charge in [-0.3, -0.25) is 0 Å². The maximum Gasteiger partial charge on any atom is 0.338 e. The van der Waals surface area contributed by atoms with Gasteiger partial charge < -0.3 is 14.5 Å². The van der Waals surface area contributed by atoms with Gasteiger partial charge in [0.25, 0.3) is 6.71 Å². The topological polar surface area (TPSA) is 56.6 Å². The van der Waals surface area contributed by atoms with Crippen LogP contribution in [0.3, 0.4) is 0 Å². The molecule has 0 saturated carbocycles. The van der Waals surface area contributed by atoms with E-state index in [1.807, 2.05) is 31.1 Å². The van der Waals surface area contributed by atoms with Gasteiger partial charge in [-0.2, -0.15) is 0 Å². The van der Waals surface area contributed by atoms with E-state index in [1.165, 1.54) is 0 Å². The van der Waals surface area contributed by atoms with Gasteiger partial charge in [0.15, 0.2) is 0 Å².